The van der Waals surface area contributed by atoms with Gasteiger partial charge in [0.05, 0.1) is 0 Å². The summed E-state index contributed by atoms with van der Waals surface area (Å²) in [6, 6.07) is 14.2. The molecule has 0 aliphatic carbocycles. The summed E-state index contributed by atoms with van der Waals surface area (Å²) in [4.78, 5) is 0. The molecule has 2 rings (SSSR count). The van der Waals surface area contributed by atoms with E-state index >= 15 is 0 Å². The molecule has 0 aromatic heterocycles. The predicted molar refractivity (Wildman–Crippen MR) is 110 cm³/mol. The predicted octanol–water partition coefficient (Wildman–Crippen LogP) is 6.33. The maximum absolute atomic E-state index is 5.96. The highest BCUT2D eigenvalue weighted by Crippen LogP contribution is 2.26. The lowest BCUT2D eigenvalue weighted by atomic mass is 9.97. The molecule has 0 spiro atoms. The number of rotatable bonds is 10. The Morgan fingerprint density at radius 1 is 1.04 bits per heavy atom. The molecule has 0 aliphatic heterocycles. The van der Waals surface area contributed by atoms with Gasteiger partial charge in [-0.3, -0.25) is 0 Å². The van der Waals surface area contributed by atoms with Gasteiger partial charge in [0.25, 0.3) is 0 Å². The Kier molecular flexibility index (Phi) is 8.03. The molecule has 0 unspecified atom stereocenters. The van der Waals surface area contributed by atoms with Crippen LogP contribution in [-0.4, -0.2) is 19.8 Å². The smallest absolute Gasteiger partial charge is 0.0482 e. The van der Waals surface area contributed by atoms with Crippen LogP contribution >= 0.6 is 11.6 Å². The van der Waals surface area contributed by atoms with Crippen molar-refractivity contribution in [1.82, 2.24) is 0 Å². The standard InChI is InChI=1S/C22H28ClNO/c1-4-5-14-25-15-6-13-24-22-12-9-20(16-17(22)2)18(3)19-7-10-21(23)11-8-19/h7-12,16,24H,3-6,13-15H2,1-2H3. The van der Waals surface area contributed by atoms with Crippen LogP contribution in [0.3, 0.4) is 0 Å². The van der Waals surface area contributed by atoms with Crippen molar-refractivity contribution in [2.75, 3.05) is 25.1 Å². The largest absolute Gasteiger partial charge is 0.385 e. The summed E-state index contributed by atoms with van der Waals surface area (Å²) >= 11 is 5.96. The van der Waals surface area contributed by atoms with Crippen molar-refractivity contribution in [2.24, 2.45) is 0 Å². The highest BCUT2D eigenvalue weighted by molar-refractivity contribution is 6.30. The minimum atomic E-state index is 0.742. The SMILES string of the molecule is C=C(c1ccc(Cl)cc1)c1ccc(NCCCOCCCC)c(C)c1. The van der Waals surface area contributed by atoms with Crippen LogP contribution in [0.1, 0.15) is 42.9 Å². The van der Waals surface area contributed by atoms with Crippen molar-refractivity contribution in [2.45, 2.75) is 33.1 Å². The Bertz CT molecular complexity index is 679. The summed E-state index contributed by atoms with van der Waals surface area (Å²) < 4.78 is 5.59. The average Bonchev–Trinajstić information content (AvgIpc) is 2.62. The first-order chi connectivity index (χ1) is 12.1. The van der Waals surface area contributed by atoms with Crippen molar-refractivity contribution >= 4 is 22.9 Å². The van der Waals surface area contributed by atoms with Crippen LogP contribution in [0.5, 0.6) is 0 Å². The van der Waals surface area contributed by atoms with Crippen molar-refractivity contribution in [3.05, 3.63) is 70.8 Å². The maximum atomic E-state index is 5.96. The molecule has 2 aromatic rings. The number of halogens is 1. The lowest BCUT2D eigenvalue weighted by Crippen LogP contribution is -2.07. The zero-order chi connectivity index (χ0) is 18.1. The van der Waals surface area contributed by atoms with Crippen LogP contribution in [0.4, 0.5) is 5.69 Å². The third kappa shape index (κ3) is 6.22. The fourth-order valence-electron chi connectivity index (χ4n) is 2.61. The molecule has 0 bridgehead atoms. The number of nitrogens with one attached hydrogen (secondary N) is 1. The van der Waals surface area contributed by atoms with Crippen molar-refractivity contribution in [3.63, 3.8) is 0 Å². The van der Waals surface area contributed by atoms with Gasteiger partial charge in [-0.25, -0.2) is 0 Å². The molecular weight excluding hydrogens is 330 g/mol. The zero-order valence-corrected chi connectivity index (χ0v) is 16.0. The third-order valence-electron chi connectivity index (χ3n) is 4.19. The van der Waals surface area contributed by atoms with Gasteiger partial charge in [-0.15, -0.1) is 0 Å². The monoisotopic (exact) mass is 357 g/mol. The number of ether oxygens (including phenoxy) is 1. The molecule has 0 aliphatic rings. The molecule has 3 heteroatoms. The summed E-state index contributed by atoms with van der Waals surface area (Å²) in [5.41, 5.74) is 5.62. The number of aryl methyl sites for hydroxylation is 1. The topological polar surface area (TPSA) is 21.3 Å². The van der Waals surface area contributed by atoms with E-state index in [2.05, 4.69) is 43.9 Å². The van der Waals surface area contributed by atoms with Crippen molar-refractivity contribution in [3.8, 4) is 0 Å². The summed E-state index contributed by atoms with van der Waals surface area (Å²) in [6.45, 7) is 11.1. The summed E-state index contributed by atoms with van der Waals surface area (Å²) in [6.07, 6.45) is 3.35. The average molecular weight is 358 g/mol. The Hall–Kier alpha value is -1.77. The summed E-state index contributed by atoms with van der Waals surface area (Å²) in [5, 5.41) is 4.23. The number of benzene rings is 2. The van der Waals surface area contributed by atoms with Crippen LogP contribution in [0, 0.1) is 6.92 Å². The van der Waals surface area contributed by atoms with E-state index in [0.29, 0.717) is 0 Å². The normalized spacial score (nSPS) is 10.7. The molecule has 0 saturated heterocycles. The second-order valence-electron chi connectivity index (χ2n) is 6.26. The van der Waals surface area contributed by atoms with Gasteiger partial charge in [-0.1, -0.05) is 49.7 Å². The highest BCUT2D eigenvalue weighted by Gasteiger charge is 2.05. The van der Waals surface area contributed by atoms with Gasteiger partial charge in [0.15, 0.2) is 0 Å². The molecule has 2 aromatic carbocycles. The van der Waals surface area contributed by atoms with Gasteiger partial charge in [-0.2, -0.15) is 0 Å². The molecular formula is C22H28ClNO. The van der Waals surface area contributed by atoms with Gasteiger partial charge in [-0.05, 0) is 66.3 Å². The molecule has 1 N–H and O–H groups in total. The van der Waals surface area contributed by atoms with E-state index < -0.39 is 0 Å². The summed E-state index contributed by atoms with van der Waals surface area (Å²) in [5.74, 6) is 0. The van der Waals surface area contributed by atoms with Crippen LogP contribution in [0.2, 0.25) is 5.02 Å². The molecule has 0 amide bonds. The van der Waals surface area contributed by atoms with Crippen molar-refractivity contribution in [1.29, 1.82) is 0 Å². The third-order valence-corrected chi connectivity index (χ3v) is 4.44. The van der Waals surface area contributed by atoms with Gasteiger partial charge < -0.3 is 10.1 Å². The molecule has 0 fully saturated rings. The van der Waals surface area contributed by atoms with Gasteiger partial charge >= 0.3 is 0 Å². The summed E-state index contributed by atoms with van der Waals surface area (Å²) in [7, 11) is 0. The van der Waals surface area contributed by atoms with Crippen molar-refractivity contribution < 1.29 is 4.74 Å². The zero-order valence-electron chi connectivity index (χ0n) is 15.3. The van der Waals surface area contributed by atoms with Gasteiger partial charge in [0.1, 0.15) is 0 Å². The number of anilines is 1. The van der Waals surface area contributed by atoms with E-state index in [0.717, 1.165) is 54.3 Å². The minimum Gasteiger partial charge on any atom is -0.385 e. The van der Waals surface area contributed by atoms with Crippen LogP contribution in [-0.2, 0) is 4.74 Å². The second-order valence-corrected chi connectivity index (χ2v) is 6.70. The van der Waals surface area contributed by atoms with E-state index in [-0.39, 0.29) is 0 Å². The molecule has 2 nitrogen and oxygen atoms in total. The fourth-order valence-corrected chi connectivity index (χ4v) is 2.74. The van der Waals surface area contributed by atoms with E-state index in [1.807, 2.05) is 24.3 Å². The van der Waals surface area contributed by atoms with Crippen LogP contribution in [0.15, 0.2) is 49.0 Å². The van der Waals surface area contributed by atoms with Crippen LogP contribution < -0.4 is 5.32 Å². The Labute approximate surface area is 156 Å². The van der Waals surface area contributed by atoms with E-state index in [1.54, 1.807) is 0 Å². The Morgan fingerprint density at radius 2 is 1.72 bits per heavy atom. The fraction of sp³-hybridized carbons (Fsp3) is 0.364. The van der Waals surface area contributed by atoms with Crippen LogP contribution in [0.25, 0.3) is 5.57 Å². The van der Waals surface area contributed by atoms with E-state index in [1.165, 1.54) is 17.7 Å². The first kappa shape index (κ1) is 19.6. The maximum Gasteiger partial charge on any atom is 0.0482 e. The van der Waals surface area contributed by atoms with E-state index in [9.17, 15) is 0 Å². The lowest BCUT2D eigenvalue weighted by Gasteiger charge is -2.13. The molecule has 25 heavy (non-hydrogen) atoms. The first-order valence-corrected chi connectivity index (χ1v) is 9.37. The molecule has 0 saturated carbocycles. The number of hydrogen-bond acceptors (Lipinski definition) is 2. The number of unbranched alkanes of at least 4 members (excludes halogenated alkanes) is 1. The lowest BCUT2D eigenvalue weighted by molar-refractivity contribution is 0.131. The molecule has 0 atom stereocenters. The second kappa shape index (κ2) is 10.3. The molecule has 134 valence electrons. The van der Waals surface area contributed by atoms with Gasteiger partial charge in [0.2, 0.25) is 0 Å². The Morgan fingerprint density at radius 3 is 2.40 bits per heavy atom. The molecule has 0 heterocycles. The minimum absolute atomic E-state index is 0.742. The van der Waals surface area contributed by atoms with E-state index in [4.69, 9.17) is 16.3 Å². The van der Waals surface area contributed by atoms with Gasteiger partial charge in [0, 0.05) is 30.5 Å². The quantitative estimate of drug-likeness (QED) is 0.502. The molecule has 0 radical (unpaired) electrons. The Balaban J connectivity index is 1.87. The first-order valence-electron chi connectivity index (χ1n) is 8.99. The highest BCUT2D eigenvalue weighted by atomic mass is 35.5. The number of hydrogen-bond donors (Lipinski definition) is 1.